The highest BCUT2D eigenvalue weighted by Crippen LogP contribution is 2.30. The second-order valence-electron chi connectivity index (χ2n) is 6.07. The van der Waals surface area contributed by atoms with E-state index in [1.54, 1.807) is 11.0 Å². The Morgan fingerprint density at radius 3 is 2.35 bits per heavy atom. The molecule has 0 saturated carbocycles. The Hall–Kier alpha value is -2.12. The molecule has 1 atom stereocenters. The molecule has 2 aromatic rings. The van der Waals surface area contributed by atoms with Gasteiger partial charge in [0.2, 0.25) is 0 Å². The zero-order chi connectivity index (χ0) is 18.2. The minimum atomic E-state index is -4.41. The number of nitrogens with zero attached hydrogens (tertiary/aromatic N) is 1. The van der Waals surface area contributed by atoms with Crippen molar-refractivity contribution in [3.05, 3.63) is 70.5 Å². The number of fused-ring (bicyclic) bond motifs is 1. The Balaban J connectivity index is 0.00000243. The summed E-state index contributed by atoms with van der Waals surface area (Å²) in [7, 11) is 0. The minimum absolute atomic E-state index is 0. The fraction of sp³-hybridized carbons (Fsp3) is 0.278. The van der Waals surface area contributed by atoms with Crippen LogP contribution in [0.1, 0.15) is 22.3 Å². The lowest BCUT2D eigenvalue weighted by molar-refractivity contribution is -0.144. The molecule has 1 unspecified atom stereocenters. The van der Waals surface area contributed by atoms with Crippen LogP contribution in [0.25, 0.3) is 0 Å². The van der Waals surface area contributed by atoms with Crippen molar-refractivity contribution in [1.82, 2.24) is 4.90 Å². The van der Waals surface area contributed by atoms with Gasteiger partial charge < -0.3 is 5.11 Å². The van der Waals surface area contributed by atoms with Gasteiger partial charge in [-0.1, -0.05) is 18.2 Å². The van der Waals surface area contributed by atoms with E-state index >= 15 is 0 Å². The Bertz CT molecular complexity index is 793. The molecule has 0 radical (unpaired) electrons. The number of benzene rings is 2. The zero-order valence-electron chi connectivity index (χ0n) is 13.5. The van der Waals surface area contributed by atoms with E-state index in [1.165, 1.54) is 24.3 Å². The zero-order valence-corrected chi connectivity index (χ0v) is 14.3. The molecule has 0 spiro atoms. The Kier molecular flexibility index (Phi) is 5.93. The van der Waals surface area contributed by atoms with Gasteiger partial charge in [0.05, 0.1) is 5.56 Å². The number of rotatable bonds is 3. The summed E-state index contributed by atoms with van der Waals surface area (Å²) in [6.07, 6.45) is -4.19. The highest BCUT2D eigenvalue weighted by atomic mass is 35.5. The first-order valence-corrected chi connectivity index (χ1v) is 7.64. The predicted molar refractivity (Wildman–Crippen MR) is 89.5 cm³/mol. The monoisotopic (exact) mass is 389 g/mol. The van der Waals surface area contributed by atoms with Gasteiger partial charge in [0.1, 0.15) is 11.9 Å². The largest absolute Gasteiger partial charge is 0.480 e. The van der Waals surface area contributed by atoms with Gasteiger partial charge in [0.15, 0.2) is 0 Å². The van der Waals surface area contributed by atoms with Crippen LogP contribution in [0, 0.1) is 5.82 Å². The van der Waals surface area contributed by atoms with Crippen LogP contribution in [-0.4, -0.2) is 22.0 Å². The van der Waals surface area contributed by atoms with Crippen molar-refractivity contribution in [2.24, 2.45) is 0 Å². The molecular weight excluding hydrogens is 374 g/mol. The fourth-order valence-electron chi connectivity index (χ4n) is 3.05. The van der Waals surface area contributed by atoms with E-state index in [0.717, 1.165) is 17.7 Å². The summed E-state index contributed by atoms with van der Waals surface area (Å²) in [6.45, 7) is 0.399. The smallest absolute Gasteiger partial charge is 0.416 e. The molecule has 1 N–H and O–H groups in total. The molecule has 3 nitrogen and oxygen atoms in total. The van der Waals surface area contributed by atoms with Crippen LogP contribution in [0.4, 0.5) is 17.6 Å². The minimum Gasteiger partial charge on any atom is -0.480 e. The molecule has 2 aromatic carbocycles. The van der Waals surface area contributed by atoms with Crippen molar-refractivity contribution in [2.45, 2.75) is 31.7 Å². The normalized spacial score (nSPS) is 17.3. The van der Waals surface area contributed by atoms with E-state index < -0.39 is 29.6 Å². The lowest BCUT2D eigenvalue weighted by atomic mass is 9.93. The SMILES string of the molecule is Cl.O=C(O)C1Cc2ccc(F)cc2CN1Cc1ccc(C(F)(F)F)cc1. The summed E-state index contributed by atoms with van der Waals surface area (Å²) in [5, 5.41) is 9.45. The van der Waals surface area contributed by atoms with Crippen molar-refractivity contribution in [2.75, 3.05) is 0 Å². The number of hydrogen-bond donors (Lipinski definition) is 1. The molecule has 0 saturated heterocycles. The van der Waals surface area contributed by atoms with Crippen LogP contribution < -0.4 is 0 Å². The molecule has 0 bridgehead atoms. The van der Waals surface area contributed by atoms with Crippen LogP contribution >= 0.6 is 12.4 Å². The molecule has 0 amide bonds. The van der Waals surface area contributed by atoms with Crippen LogP contribution in [0.3, 0.4) is 0 Å². The number of alkyl halides is 3. The summed E-state index contributed by atoms with van der Waals surface area (Å²) in [5.74, 6) is -1.41. The first kappa shape index (κ1) is 20.2. The lowest BCUT2D eigenvalue weighted by Gasteiger charge is -2.34. The highest BCUT2D eigenvalue weighted by Gasteiger charge is 2.32. The van der Waals surface area contributed by atoms with Gasteiger partial charge in [-0.15, -0.1) is 12.4 Å². The van der Waals surface area contributed by atoms with Crippen molar-refractivity contribution < 1.29 is 27.5 Å². The molecule has 0 fully saturated rings. The van der Waals surface area contributed by atoms with Gasteiger partial charge in [-0.25, -0.2) is 4.39 Å². The molecule has 0 aliphatic carbocycles. The van der Waals surface area contributed by atoms with Crippen LogP contribution in [0.5, 0.6) is 0 Å². The van der Waals surface area contributed by atoms with Gasteiger partial charge in [-0.05, 0) is 47.4 Å². The molecule has 0 aromatic heterocycles. The molecule has 1 heterocycles. The van der Waals surface area contributed by atoms with E-state index in [9.17, 15) is 27.5 Å². The summed E-state index contributed by atoms with van der Waals surface area (Å²) >= 11 is 0. The van der Waals surface area contributed by atoms with Gasteiger partial charge >= 0.3 is 12.1 Å². The number of carboxylic acids is 1. The van der Waals surface area contributed by atoms with Crippen LogP contribution in [-0.2, 0) is 30.5 Å². The predicted octanol–water partition coefficient (Wildman–Crippen LogP) is 4.28. The standard InChI is InChI=1S/C18H15F4NO2.ClH/c19-15-6-3-12-8-16(17(24)25)23(10-13(12)7-15)9-11-1-4-14(5-2-11)18(20,21)22;/h1-7,16H,8-10H2,(H,24,25);1H. The van der Waals surface area contributed by atoms with Gasteiger partial charge in [0.25, 0.3) is 0 Å². The first-order valence-electron chi connectivity index (χ1n) is 7.64. The van der Waals surface area contributed by atoms with Crippen LogP contribution in [0.15, 0.2) is 42.5 Å². The highest BCUT2D eigenvalue weighted by molar-refractivity contribution is 5.85. The summed E-state index contributed by atoms with van der Waals surface area (Å²) in [4.78, 5) is 13.2. The Labute approximate surface area is 153 Å². The number of carbonyl (C=O) groups is 1. The van der Waals surface area contributed by atoms with Gasteiger partial charge in [0, 0.05) is 13.1 Å². The van der Waals surface area contributed by atoms with Crippen molar-refractivity contribution in [1.29, 1.82) is 0 Å². The average Bonchev–Trinajstić information content (AvgIpc) is 2.53. The second-order valence-corrected chi connectivity index (χ2v) is 6.07. The second kappa shape index (κ2) is 7.63. The van der Waals surface area contributed by atoms with E-state index in [1.807, 2.05) is 0 Å². The third-order valence-corrected chi connectivity index (χ3v) is 4.35. The molecule has 1 aliphatic rings. The molecule has 140 valence electrons. The third kappa shape index (κ3) is 4.34. The summed E-state index contributed by atoms with van der Waals surface area (Å²) < 4.78 is 51.3. The number of carboxylic acid groups (broad SMARTS) is 1. The summed E-state index contributed by atoms with van der Waals surface area (Å²) in [6, 6.07) is 8.06. The lowest BCUT2D eigenvalue weighted by Crippen LogP contribution is -2.45. The fourth-order valence-corrected chi connectivity index (χ4v) is 3.05. The van der Waals surface area contributed by atoms with E-state index in [-0.39, 0.29) is 31.9 Å². The van der Waals surface area contributed by atoms with Crippen molar-refractivity contribution in [3.8, 4) is 0 Å². The van der Waals surface area contributed by atoms with Gasteiger partial charge in [-0.3, -0.25) is 9.69 Å². The number of halogens is 5. The molecule has 26 heavy (non-hydrogen) atoms. The quantitative estimate of drug-likeness (QED) is 0.797. The maximum Gasteiger partial charge on any atom is 0.416 e. The number of aliphatic carboxylic acids is 1. The van der Waals surface area contributed by atoms with Gasteiger partial charge in [-0.2, -0.15) is 13.2 Å². The Morgan fingerprint density at radius 2 is 1.77 bits per heavy atom. The number of hydrogen-bond acceptors (Lipinski definition) is 2. The van der Waals surface area contributed by atoms with Crippen LogP contribution in [0.2, 0.25) is 0 Å². The van der Waals surface area contributed by atoms with E-state index in [0.29, 0.717) is 11.1 Å². The van der Waals surface area contributed by atoms with Crippen molar-refractivity contribution in [3.63, 3.8) is 0 Å². The summed E-state index contributed by atoms with van der Waals surface area (Å²) in [5.41, 5.74) is 1.29. The third-order valence-electron chi connectivity index (χ3n) is 4.35. The first-order chi connectivity index (χ1) is 11.7. The molecule has 1 aliphatic heterocycles. The van der Waals surface area contributed by atoms with E-state index in [4.69, 9.17) is 0 Å². The average molecular weight is 390 g/mol. The molecule has 3 rings (SSSR count). The maximum absolute atomic E-state index is 13.4. The van der Waals surface area contributed by atoms with E-state index in [2.05, 4.69) is 0 Å². The van der Waals surface area contributed by atoms with Crippen molar-refractivity contribution >= 4 is 18.4 Å². The maximum atomic E-state index is 13.4. The molecular formula is C18H16ClF4NO2. The topological polar surface area (TPSA) is 40.5 Å². The Morgan fingerprint density at radius 1 is 1.12 bits per heavy atom. The molecule has 8 heteroatoms.